The second kappa shape index (κ2) is 19.6. The molecule has 0 spiro atoms. The first-order chi connectivity index (χ1) is 19.0. The molecular formula is C26H41N3O9S. The predicted octanol–water partition coefficient (Wildman–Crippen LogP) is 2.63. The molecule has 3 rings (SSSR count). The predicted molar refractivity (Wildman–Crippen MR) is 147 cm³/mol. The van der Waals surface area contributed by atoms with E-state index in [0.717, 1.165) is 19.3 Å². The first kappa shape index (κ1) is 32.8. The summed E-state index contributed by atoms with van der Waals surface area (Å²) < 4.78 is 27.8. The number of amides is 1. The molecule has 1 aromatic rings. The number of benzene rings is 1. The van der Waals surface area contributed by atoms with Crippen LogP contribution in [0.4, 0.5) is 5.69 Å². The fraction of sp³-hybridized carbons (Fsp3) is 0.692. The Morgan fingerprint density at radius 2 is 1.79 bits per heavy atom. The minimum atomic E-state index is -0.730. The van der Waals surface area contributed by atoms with Crippen LogP contribution in [0.1, 0.15) is 44.1 Å². The van der Waals surface area contributed by atoms with Gasteiger partial charge in [-0.05, 0) is 38.3 Å². The van der Waals surface area contributed by atoms with Crippen molar-refractivity contribution in [1.82, 2.24) is 5.32 Å². The van der Waals surface area contributed by atoms with E-state index in [2.05, 4.69) is 5.32 Å². The summed E-state index contributed by atoms with van der Waals surface area (Å²) in [5.74, 6) is 0.682. The summed E-state index contributed by atoms with van der Waals surface area (Å²) in [5.41, 5.74) is 5.85. The van der Waals surface area contributed by atoms with Crippen molar-refractivity contribution in [2.75, 3.05) is 65.7 Å². The summed E-state index contributed by atoms with van der Waals surface area (Å²) >= 11 is 1.31. The van der Waals surface area contributed by atoms with Gasteiger partial charge in [0.05, 0.1) is 50.6 Å². The van der Waals surface area contributed by atoms with Crippen molar-refractivity contribution >= 4 is 29.1 Å². The van der Waals surface area contributed by atoms with Crippen molar-refractivity contribution in [3.63, 3.8) is 0 Å². The first-order valence-corrected chi connectivity index (χ1v) is 14.4. The number of carbonyl (C=O) groups excluding carboxylic acids is 2. The van der Waals surface area contributed by atoms with Gasteiger partial charge in [0.2, 0.25) is 5.91 Å². The molecule has 39 heavy (non-hydrogen) atoms. The minimum absolute atomic E-state index is 0.120. The maximum atomic E-state index is 12.8. The SMILES string of the molecule is COc1cc2c([N+](=O)[O-])cc1OCCOCCOCCCCCOCCC(=O)NC(C(=O)CCCN)CSC2. The number of Topliss-reactive ketones (excluding diaryl/α,β-unsaturated/α-hetero) is 1. The third-order valence-electron chi connectivity index (χ3n) is 5.86. The second-order valence-corrected chi connectivity index (χ2v) is 9.91. The molecule has 1 aromatic carbocycles. The highest BCUT2D eigenvalue weighted by atomic mass is 32.2. The summed E-state index contributed by atoms with van der Waals surface area (Å²) in [6.07, 6.45) is 3.60. The lowest BCUT2D eigenvalue weighted by Crippen LogP contribution is -2.43. The van der Waals surface area contributed by atoms with Crippen molar-refractivity contribution < 1.29 is 38.2 Å². The van der Waals surface area contributed by atoms with E-state index in [1.165, 1.54) is 24.9 Å². The number of nitrogens with two attached hydrogens (primary N) is 1. The van der Waals surface area contributed by atoms with E-state index in [1.54, 1.807) is 6.07 Å². The number of rotatable bonds is 6. The number of nitro groups is 1. The lowest BCUT2D eigenvalue weighted by atomic mass is 10.1. The lowest BCUT2D eigenvalue weighted by molar-refractivity contribution is -0.385. The van der Waals surface area contributed by atoms with Crippen LogP contribution in [0.25, 0.3) is 0 Å². The molecule has 1 amide bonds. The van der Waals surface area contributed by atoms with E-state index in [4.69, 9.17) is 29.4 Å². The van der Waals surface area contributed by atoms with Crippen molar-refractivity contribution in [3.8, 4) is 11.5 Å². The number of carbonyl (C=O) groups is 2. The number of nitrogens with zero attached hydrogens (tertiary/aromatic N) is 1. The normalized spacial score (nSPS) is 19.6. The Balaban J connectivity index is 2.13. The van der Waals surface area contributed by atoms with E-state index in [0.29, 0.717) is 57.3 Å². The van der Waals surface area contributed by atoms with Gasteiger partial charge in [0.1, 0.15) is 6.61 Å². The van der Waals surface area contributed by atoms with Gasteiger partial charge in [-0.25, -0.2) is 0 Å². The molecule has 3 N–H and O–H groups in total. The zero-order chi connectivity index (χ0) is 28.3. The largest absolute Gasteiger partial charge is 0.493 e. The molecule has 2 heterocycles. The van der Waals surface area contributed by atoms with Gasteiger partial charge < -0.3 is 34.7 Å². The van der Waals surface area contributed by atoms with Crippen LogP contribution in [-0.2, 0) is 29.6 Å². The zero-order valence-electron chi connectivity index (χ0n) is 22.7. The van der Waals surface area contributed by atoms with Crippen LogP contribution in [0.3, 0.4) is 0 Å². The van der Waals surface area contributed by atoms with E-state index >= 15 is 0 Å². The molecule has 220 valence electrons. The third-order valence-corrected chi connectivity index (χ3v) is 6.95. The summed E-state index contributed by atoms with van der Waals surface area (Å²) in [5, 5.41) is 14.6. The standard InChI is InChI=1S/C26H41N3O9S/c1-34-24-16-20-18-39-19-21(23(30)6-5-8-27)28-26(31)7-11-35-9-3-2-4-10-36-12-13-37-14-15-38-25(24)17-22(20)29(32)33/h16-17,21H,2-15,18-19,27H2,1H3,(H,28,31). The van der Waals surface area contributed by atoms with Crippen molar-refractivity contribution in [1.29, 1.82) is 0 Å². The molecule has 2 bridgehead atoms. The van der Waals surface area contributed by atoms with Crippen LogP contribution in [0, 0.1) is 10.1 Å². The van der Waals surface area contributed by atoms with E-state index in [-0.39, 0.29) is 60.7 Å². The van der Waals surface area contributed by atoms with Crippen molar-refractivity contribution in [2.24, 2.45) is 5.73 Å². The monoisotopic (exact) mass is 571 g/mol. The number of nitrogens with one attached hydrogen (secondary N) is 1. The number of hydrogen-bond acceptors (Lipinski definition) is 11. The maximum Gasteiger partial charge on any atom is 0.277 e. The molecule has 0 aliphatic carbocycles. The van der Waals surface area contributed by atoms with Crippen LogP contribution in [0.5, 0.6) is 11.5 Å². The van der Waals surface area contributed by atoms with Gasteiger partial charge in [-0.3, -0.25) is 19.7 Å². The van der Waals surface area contributed by atoms with Crippen LogP contribution < -0.4 is 20.5 Å². The van der Waals surface area contributed by atoms with Gasteiger partial charge >= 0.3 is 0 Å². The average molecular weight is 572 g/mol. The maximum absolute atomic E-state index is 12.8. The first-order valence-electron chi connectivity index (χ1n) is 13.3. The summed E-state index contributed by atoms with van der Waals surface area (Å²) in [7, 11) is 1.46. The number of thioether (sulfide) groups is 1. The number of methoxy groups -OCH3 is 1. The van der Waals surface area contributed by atoms with Gasteiger partial charge in [-0.1, -0.05) is 0 Å². The number of hydrogen-bond donors (Lipinski definition) is 2. The topological polar surface area (TPSA) is 161 Å². The molecule has 0 aromatic heterocycles. The van der Waals surface area contributed by atoms with E-state index in [1.807, 2.05) is 0 Å². The number of ketones is 1. The molecule has 0 fully saturated rings. The molecular weight excluding hydrogens is 530 g/mol. The minimum Gasteiger partial charge on any atom is -0.493 e. The Labute approximate surface area is 233 Å². The Morgan fingerprint density at radius 1 is 1.10 bits per heavy atom. The van der Waals surface area contributed by atoms with Crippen molar-refractivity contribution in [3.05, 3.63) is 27.8 Å². The van der Waals surface area contributed by atoms with Gasteiger partial charge in [0, 0.05) is 43.1 Å². The summed E-state index contributed by atoms with van der Waals surface area (Å²) in [4.78, 5) is 36.6. The molecule has 2 aliphatic rings. The van der Waals surface area contributed by atoms with Crippen LogP contribution in [0.15, 0.2) is 12.1 Å². The third kappa shape index (κ3) is 13.0. The molecule has 0 saturated carbocycles. The van der Waals surface area contributed by atoms with Gasteiger partial charge in [-0.15, -0.1) is 0 Å². The highest BCUT2D eigenvalue weighted by molar-refractivity contribution is 7.98. The fourth-order valence-corrected chi connectivity index (χ4v) is 4.83. The smallest absolute Gasteiger partial charge is 0.277 e. The molecule has 12 nitrogen and oxygen atoms in total. The molecule has 0 saturated heterocycles. The molecule has 2 aliphatic heterocycles. The fourth-order valence-electron chi connectivity index (χ4n) is 3.75. The van der Waals surface area contributed by atoms with Gasteiger partial charge in [-0.2, -0.15) is 11.8 Å². The van der Waals surface area contributed by atoms with Crippen molar-refractivity contribution in [2.45, 2.75) is 50.3 Å². The number of nitro benzene ring substituents is 1. The lowest BCUT2D eigenvalue weighted by Gasteiger charge is -2.18. The van der Waals surface area contributed by atoms with Gasteiger partial charge in [0.25, 0.3) is 5.69 Å². The average Bonchev–Trinajstić information content (AvgIpc) is 2.92. The Bertz CT molecular complexity index is 904. The van der Waals surface area contributed by atoms with Crippen LogP contribution >= 0.6 is 11.8 Å². The highest BCUT2D eigenvalue weighted by Crippen LogP contribution is 2.36. The Hall–Kier alpha value is -2.45. The van der Waals surface area contributed by atoms with Gasteiger partial charge in [0.15, 0.2) is 17.3 Å². The molecule has 1 atom stereocenters. The highest BCUT2D eigenvalue weighted by Gasteiger charge is 2.23. The summed E-state index contributed by atoms with van der Waals surface area (Å²) in [6, 6.07) is 2.18. The number of fused-ring (bicyclic) bond motifs is 22. The zero-order valence-corrected chi connectivity index (χ0v) is 23.5. The quantitative estimate of drug-likeness (QED) is 0.293. The van der Waals surface area contributed by atoms with Crippen LogP contribution in [-0.4, -0.2) is 88.3 Å². The summed E-state index contributed by atoms with van der Waals surface area (Å²) in [6.45, 7) is 3.15. The Kier molecular flexibility index (Phi) is 16.5. The van der Waals surface area contributed by atoms with E-state index < -0.39 is 11.0 Å². The molecule has 0 radical (unpaired) electrons. The number of ether oxygens (including phenoxy) is 5. The van der Waals surface area contributed by atoms with Crippen LogP contribution in [0.2, 0.25) is 0 Å². The molecule has 13 heteroatoms. The van der Waals surface area contributed by atoms with E-state index in [9.17, 15) is 19.7 Å². The Morgan fingerprint density at radius 3 is 2.49 bits per heavy atom. The molecule has 1 unspecified atom stereocenters. The second-order valence-electron chi connectivity index (χ2n) is 8.88.